The lowest BCUT2D eigenvalue weighted by Crippen LogP contribution is -2.29. The Balaban J connectivity index is 1.75. The number of aromatic nitrogens is 2. The minimum atomic E-state index is 0.279. The second-order valence-corrected chi connectivity index (χ2v) is 6.34. The van der Waals surface area contributed by atoms with Gasteiger partial charge < -0.3 is 14.8 Å². The molecule has 2 fully saturated rings. The van der Waals surface area contributed by atoms with Gasteiger partial charge in [-0.25, -0.2) is 4.98 Å². The lowest BCUT2D eigenvalue weighted by atomic mass is 9.86. The fourth-order valence-corrected chi connectivity index (χ4v) is 3.46. The second kappa shape index (κ2) is 4.67. The molecule has 0 aromatic carbocycles. The van der Waals surface area contributed by atoms with Crippen LogP contribution in [0.2, 0.25) is 0 Å². The van der Waals surface area contributed by atoms with Crippen LogP contribution in [0.15, 0.2) is 12.5 Å². The van der Waals surface area contributed by atoms with E-state index < -0.39 is 0 Å². The van der Waals surface area contributed by atoms with Crippen molar-refractivity contribution in [2.45, 2.75) is 31.7 Å². The number of rotatable bonds is 3. The molecule has 0 radical (unpaired) electrons. The molecule has 2 unspecified atom stereocenters. The first-order valence-electron chi connectivity index (χ1n) is 7.07. The zero-order valence-electron chi connectivity index (χ0n) is 11.5. The molecule has 2 atom stereocenters. The summed E-state index contributed by atoms with van der Waals surface area (Å²) in [5.41, 5.74) is 1.70. The van der Waals surface area contributed by atoms with E-state index >= 15 is 0 Å². The Hall–Kier alpha value is -0.870. The van der Waals surface area contributed by atoms with Crippen LogP contribution in [0.5, 0.6) is 0 Å². The van der Waals surface area contributed by atoms with Crippen molar-refractivity contribution >= 4 is 0 Å². The SMILES string of the molecule is CN1CCC(Cn2cncc2C2(C)CCNC2)C1. The molecular weight excluding hydrogens is 224 g/mol. The standard InChI is InChI=1S/C14H24N4/c1-14(4-5-15-10-14)13-7-16-11-18(13)9-12-3-6-17(2)8-12/h7,11-12,15H,3-6,8-10H2,1-2H3. The van der Waals surface area contributed by atoms with Gasteiger partial charge in [0.25, 0.3) is 0 Å². The van der Waals surface area contributed by atoms with Gasteiger partial charge in [0, 0.05) is 36.9 Å². The molecule has 2 aliphatic rings. The maximum Gasteiger partial charge on any atom is 0.0948 e. The summed E-state index contributed by atoms with van der Waals surface area (Å²) in [5, 5.41) is 3.48. The van der Waals surface area contributed by atoms with Crippen LogP contribution in [0.4, 0.5) is 0 Å². The van der Waals surface area contributed by atoms with Crippen LogP contribution >= 0.6 is 0 Å². The predicted octanol–water partition coefficient (Wildman–Crippen LogP) is 1.09. The Bertz CT molecular complexity index is 406. The first kappa shape index (κ1) is 12.2. The summed E-state index contributed by atoms with van der Waals surface area (Å²) < 4.78 is 2.40. The van der Waals surface area contributed by atoms with Gasteiger partial charge in [0.05, 0.1) is 6.33 Å². The molecule has 100 valence electrons. The van der Waals surface area contributed by atoms with E-state index in [2.05, 4.69) is 39.9 Å². The van der Waals surface area contributed by atoms with Gasteiger partial charge in [-0.2, -0.15) is 0 Å². The molecule has 1 aromatic heterocycles. The van der Waals surface area contributed by atoms with Gasteiger partial charge in [0.1, 0.15) is 0 Å². The van der Waals surface area contributed by atoms with Crippen LogP contribution in [0.3, 0.4) is 0 Å². The summed E-state index contributed by atoms with van der Waals surface area (Å²) in [6.45, 7) is 8.19. The highest BCUT2D eigenvalue weighted by atomic mass is 15.1. The molecule has 0 saturated carbocycles. The lowest BCUT2D eigenvalue weighted by molar-refractivity contribution is 0.368. The monoisotopic (exact) mass is 248 g/mol. The highest BCUT2D eigenvalue weighted by Gasteiger charge is 2.34. The van der Waals surface area contributed by atoms with Crippen molar-refractivity contribution in [1.82, 2.24) is 19.8 Å². The molecule has 0 amide bonds. The number of nitrogens with one attached hydrogen (secondary N) is 1. The first-order chi connectivity index (χ1) is 8.67. The van der Waals surface area contributed by atoms with Crippen LogP contribution in [0.25, 0.3) is 0 Å². The molecule has 1 N–H and O–H groups in total. The van der Waals surface area contributed by atoms with Gasteiger partial charge in [0.2, 0.25) is 0 Å². The van der Waals surface area contributed by atoms with Crippen molar-refractivity contribution in [1.29, 1.82) is 0 Å². The van der Waals surface area contributed by atoms with Gasteiger partial charge >= 0.3 is 0 Å². The second-order valence-electron chi connectivity index (χ2n) is 6.34. The minimum Gasteiger partial charge on any atom is -0.334 e. The Kier molecular flexibility index (Phi) is 3.16. The first-order valence-corrected chi connectivity index (χ1v) is 7.07. The van der Waals surface area contributed by atoms with E-state index in [1.165, 1.54) is 31.6 Å². The molecule has 2 saturated heterocycles. The van der Waals surface area contributed by atoms with Crippen molar-refractivity contribution in [3.63, 3.8) is 0 Å². The van der Waals surface area contributed by atoms with Crippen molar-refractivity contribution in [3.05, 3.63) is 18.2 Å². The van der Waals surface area contributed by atoms with Crippen molar-refractivity contribution in [2.75, 3.05) is 33.2 Å². The molecule has 4 nitrogen and oxygen atoms in total. The summed E-state index contributed by atoms with van der Waals surface area (Å²) in [6.07, 6.45) is 6.65. The number of likely N-dealkylation sites (tertiary alicyclic amines) is 1. The molecule has 2 aliphatic heterocycles. The Morgan fingerprint density at radius 1 is 1.56 bits per heavy atom. The quantitative estimate of drug-likeness (QED) is 0.869. The van der Waals surface area contributed by atoms with E-state index in [1.807, 2.05) is 6.33 Å². The summed E-state index contributed by atoms with van der Waals surface area (Å²) >= 11 is 0. The van der Waals surface area contributed by atoms with Crippen molar-refractivity contribution in [2.24, 2.45) is 5.92 Å². The summed E-state index contributed by atoms with van der Waals surface area (Å²) in [6, 6.07) is 0. The normalized spacial score (nSPS) is 33.3. The molecule has 3 heterocycles. The van der Waals surface area contributed by atoms with E-state index in [9.17, 15) is 0 Å². The van der Waals surface area contributed by atoms with E-state index in [4.69, 9.17) is 0 Å². The van der Waals surface area contributed by atoms with Crippen molar-refractivity contribution < 1.29 is 0 Å². The third kappa shape index (κ3) is 2.19. The van der Waals surface area contributed by atoms with E-state index in [0.717, 1.165) is 25.6 Å². The highest BCUT2D eigenvalue weighted by Crippen LogP contribution is 2.30. The molecule has 0 bridgehead atoms. The topological polar surface area (TPSA) is 33.1 Å². The third-order valence-electron chi connectivity index (χ3n) is 4.64. The zero-order valence-corrected chi connectivity index (χ0v) is 11.5. The van der Waals surface area contributed by atoms with Gasteiger partial charge in [-0.05, 0) is 38.9 Å². The maximum absolute atomic E-state index is 4.39. The molecule has 0 aliphatic carbocycles. The van der Waals surface area contributed by atoms with E-state index in [1.54, 1.807) is 0 Å². The smallest absolute Gasteiger partial charge is 0.0948 e. The van der Waals surface area contributed by atoms with E-state index in [0.29, 0.717) is 0 Å². The fraction of sp³-hybridized carbons (Fsp3) is 0.786. The van der Waals surface area contributed by atoms with Gasteiger partial charge in [-0.3, -0.25) is 0 Å². The predicted molar refractivity (Wildman–Crippen MR) is 72.7 cm³/mol. The zero-order chi connectivity index (χ0) is 12.6. The lowest BCUT2D eigenvalue weighted by Gasteiger charge is -2.25. The van der Waals surface area contributed by atoms with Crippen LogP contribution in [-0.4, -0.2) is 47.7 Å². The van der Waals surface area contributed by atoms with Gasteiger partial charge in [-0.15, -0.1) is 0 Å². The maximum atomic E-state index is 4.39. The minimum absolute atomic E-state index is 0.279. The fourth-order valence-electron chi connectivity index (χ4n) is 3.46. The number of hydrogen-bond acceptors (Lipinski definition) is 3. The molecule has 3 rings (SSSR count). The van der Waals surface area contributed by atoms with Crippen LogP contribution < -0.4 is 5.32 Å². The molecule has 4 heteroatoms. The molecular formula is C14H24N4. The third-order valence-corrected chi connectivity index (χ3v) is 4.64. The van der Waals surface area contributed by atoms with Crippen LogP contribution in [0.1, 0.15) is 25.5 Å². The van der Waals surface area contributed by atoms with E-state index in [-0.39, 0.29) is 5.41 Å². The average Bonchev–Trinajstić information content (AvgIpc) is 3.02. The number of imidazole rings is 1. The number of nitrogens with zero attached hydrogens (tertiary/aromatic N) is 3. The number of hydrogen-bond donors (Lipinski definition) is 1. The Labute approximate surface area is 109 Å². The largest absolute Gasteiger partial charge is 0.334 e. The summed E-state index contributed by atoms with van der Waals surface area (Å²) in [7, 11) is 2.22. The Morgan fingerprint density at radius 2 is 2.44 bits per heavy atom. The van der Waals surface area contributed by atoms with Crippen LogP contribution in [0, 0.1) is 5.92 Å². The van der Waals surface area contributed by atoms with Gasteiger partial charge in [-0.1, -0.05) is 6.92 Å². The molecule has 1 aromatic rings. The molecule has 0 spiro atoms. The Morgan fingerprint density at radius 3 is 3.11 bits per heavy atom. The van der Waals surface area contributed by atoms with Crippen LogP contribution in [-0.2, 0) is 12.0 Å². The summed E-state index contributed by atoms with van der Waals surface area (Å²) in [4.78, 5) is 6.83. The molecule has 18 heavy (non-hydrogen) atoms. The van der Waals surface area contributed by atoms with Gasteiger partial charge in [0.15, 0.2) is 0 Å². The highest BCUT2D eigenvalue weighted by molar-refractivity contribution is 5.17. The summed E-state index contributed by atoms with van der Waals surface area (Å²) in [5.74, 6) is 0.793. The van der Waals surface area contributed by atoms with Crippen molar-refractivity contribution in [3.8, 4) is 0 Å². The average molecular weight is 248 g/mol.